The lowest BCUT2D eigenvalue weighted by molar-refractivity contribution is -0.124. The molecule has 2 aliphatic heterocycles. The van der Waals surface area contributed by atoms with Crippen molar-refractivity contribution in [1.82, 2.24) is 20.2 Å². The number of carbonyl (C=O) groups is 2. The number of carbonyl (C=O) groups excluding carboxylic acids is 2. The number of likely N-dealkylation sites (tertiary alicyclic amines) is 1. The summed E-state index contributed by atoms with van der Waals surface area (Å²) in [5, 5.41) is 5.79. The second-order valence-electron chi connectivity index (χ2n) is 13.2. The molecule has 5 rings (SSSR count). The van der Waals surface area contributed by atoms with Gasteiger partial charge in [-0.2, -0.15) is 0 Å². The van der Waals surface area contributed by atoms with Crippen molar-refractivity contribution in [2.45, 2.75) is 71.8 Å². The van der Waals surface area contributed by atoms with E-state index in [1.165, 1.54) is 31.6 Å². The number of anilines is 2. The summed E-state index contributed by atoms with van der Waals surface area (Å²) in [5.74, 6) is 1.55. The number of ether oxygens (including phenoxy) is 2. The Hall–Kier alpha value is -3.47. The summed E-state index contributed by atoms with van der Waals surface area (Å²) in [6.07, 6.45) is 10.0. The average molecular weight is 597 g/mol. The highest BCUT2D eigenvalue weighted by atomic mass is 19.1. The molecule has 1 aliphatic carbocycles. The molecule has 0 unspecified atom stereocenters. The first-order valence-electron chi connectivity index (χ1n) is 15.5. The fraction of sp³-hybridized carbons (Fsp3) is 0.625. The van der Waals surface area contributed by atoms with Crippen LogP contribution < -0.4 is 20.3 Å². The molecule has 0 radical (unpaired) electrons. The maximum Gasteiger partial charge on any atom is 0.407 e. The van der Waals surface area contributed by atoms with Crippen molar-refractivity contribution in [1.29, 1.82) is 0 Å². The van der Waals surface area contributed by atoms with Gasteiger partial charge in [0.2, 0.25) is 5.91 Å². The minimum absolute atomic E-state index is 0.200. The molecular weight excluding hydrogens is 551 g/mol. The van der Waals surface area contributed by atoms with Gasteiger partial charge in [0.25, 0.3) is 0 Å². The first-order chi connectivity index (χ1) is 20.6. The predicted molar refractivity (Wildman–Crippen MR) is 163 cm³/mol. The third kappa shape index (κ3) is 7.37. The van der Waals surface area contributed by atoms with E-state index in [1.54, 1.807) is 6.20 Å². The SMILES string of the molecule is CCC(C)(C)C(=O)Nc1cc(F)ccc1Oc1cncnc1N1CC2(CCN(CC3CCC(NC(=O)OC)CC3)CC2)C1. The van der Waals surface area contributed by atoms with E-state index in [9.17, 15) is 14.0 Å². The summed E-state index contributed by atoms with van der Waals surface area (Å²) in [4.78, 5) is 37.9. The Balaban J connectivity index is 1.15. The fourth-order valence-corrected chi connectivity index (χ4v) is 6.40. The van der Waals surface area contributed by atoms with Gasteiger partial charge in [-0.05, 0) is 76.1 Å². The van der Waals surface area contributed by atoms with Crippen molar-refractivity contribution in [3.63, 3.8) is 0 Å². The van der Waals surface area contributed by atoms with Gasteiger partial charge in [0.15, 0.2) is 17.3 Å². The van der Waals surface area contributed by atoms with Gasteiger partial charge in [0.05, 0.1) is 19.0 Å². The molecule has 1 spiro atoms. The molecule has 43 heavy (non-hydrogen) atoms. The van der Waals surface area contributed by atoms with Gasteiger partial charge in [-0.25, -0.2) is 19.2 Å². The molecule has 3 fully saturated rings. The number of benzene rings is 1. The molecule has 1 aromatic carbocycles. The van der Waals surface area contributed by atoms with Crippen molar-refractivity contribution in [3.8, 4) is 11.5 Å². The van der Waals surface area contributed by atoms with Gasteiger partial charge >= 0.3 is 6.09 Å². The van der Waals surface area contributed by atoms with Gasteiger partial charge < -0.3 is 29.9 Å². The number of amides is 2. The van der Waals surface area contributed by atoms with Crippen LogP contribution in [-0.4, -0.2) is 72.7 Å². The number of piperidine rings is 1. The lowest BCUT2D eigenvalue weighted by Gasteiger charge is -2.54. The summed E-state index contributed by atoms with van der Waals surface area (Å²) in [6, 6.07) is 4.35. The van der Waals surface area contributed by atoms with E-state index in [0.717, 1.165) is 71.2 Å². The Labute approximate surface area is 253 Å². The van der Waals surface area contributed by atoms with Gasteiger partial charge in [0, 0.05) is 42.6 Å². The normalized spacial score (nSPS) is 22.0. The third-order valence-electron chi connectivity index (χ3n) is 9.71. The lowest BCUT2D eigenvalue weighted by Crippen LogP contribution is -2.61. The molecule has 2 amide bonds. The number of halogens is 1. The summed E-state index contributed by atoms with van der Waals surface area (Å²) in [5.41, 5.74) is -0.0573. The molecule has 0 bridgehead atoms. The highest BCUT2D eigenvalue weighted by molar-refractivity contribution is 5.96. The lowest BCUT2D eigenvalue weighted by atomic mass is 9.71. The number of hydrogen-bond donors (Lipinski definition) is 2. The zero-order valence-electron chi connectivity index (χ0n) is 25.8. The summed E-state index contributed by atoms with van der Waals surface area (Å²) >= 11 is 0. The standard InChI is InChI=1S/C32H45FN6O4/c1-5-31(2,3)29(40)37-25-16-23(33)8-11-26(25)43-27-17-34-21-35-28(27)39-19-32(20-39)12-14-38(15-13-32)18-22-6-9-24(10-7-22)36-30(41)42-4/h8,11,16-17,21-22,24H,5-7,9-10,12-15,18-20H2,1-4H3,(H,36,41)(H,37,40). The molecule has 2 aromatic rings. The molecule has 10 nitrogen and oxygen atoms in total. The predicted octanol–water partition coefficient (Wildman–Crippen LogP) is 5.60. The van der Waals surface area contributed by atoms with Crippen molar-refractivity contribution in [2.24, 2.45) is 16.7 Å². The largest absolute Gasteiger partial charge is 0.453 e. The highest BCUT2D eigenvalue weighted by Gasteiger charge is 2.46. The van der Waals surface area contributed by atoms with Crippen LogP contribution in [0, 0.1) is 22.6 Å². The Morgan fingerprint density at radius 3 is 2.51 bits per heavy atom. The van der Waals surface area contributed by atoms with Gasteiger partial charge in [-0.15, -0.1) is 0 Å². The molecule has 1 aromatic heterocycles. The Bertz CT molecular complexity index is 1280. The minimum atomic E-state index is -0.602. The minimum Gasteiger partial charge on any atom is -0.453 e. The molecule has 1 saturated carbocycles. The Morgan fingerprint density at radius 2 is 1.84 bits per heavy atom. The van der Waals surface area contributed by atoms with Crippen molar-refractivity contribution >= 4 is 23.5 Å². The maximum absolute atomic E-state index is 14.2. The molecule has 0 atom stereocenters. The molecule has 2 saturated heterocycles. The number of nitrogens with zero attached hydrogens (tertiary/aromatic N) is 4. The zero-order valence-corrected chi connectivity index (χ0v) is 25.8. The van der Waals surface area contributed by atoms with Crippen LogP contribution in [0.4, 0.5) is 20.7 Å². The zero-order chi connectivity index (χ0) is 30.6. The summed E-state index contributed by atoms with van der Waals surface area (Å²) in [7, 11) is 1.41. The van der Waals surface area contributed by atoms with E-state index >= 15 is 0 Å². The average Bonchev–Trinajstić information content (AvgIpc) is 2.99. The Morgan fingerprint density at radius 1 is 1.12 bits per heavy atom. The van der Waals surface area contributed by atoms with Gasteiger partial charge in [0.1, 0.15) is 12.1 Å². The van der Waals surface area contributed by atoms with Crippen LogP contribution in [0.15, 0.2) is 30.7 Å². The van der Waals surface area contributed by atoms with Crippen molar-refractivity contribution in [3.05, 3.63) is 36.5 Å². The van der Waals surface area contributed by atoms with Crippen LogP contribution in [-0.2, 0) is 9.53 Å². The van der Waals surface area contributed by atoms with Crippen LogP contribution in [0.3, 0.4) is 0 Å². The third-order valence-corrected chi connectivity index (χ3v) is 9.71. The molecular formula is C32H45FN6O4. The summed E-state index contributed by atoms with van der Waals surface area (Å²) in [6.45, 7) is 10.8. The first-order valence-corrected chi connectivity index (χ1v) is 15.5. The van der Waals surface area contributed by atoms with E-state index in [-0.39, 0.29) is 29.1 Å². The van der Waals surface area contributed by atoms with Crippen LogP contribution >= 0.6 is 0 Å². The molecule has 2 N–H and O–H groups in total. The van der Waals surface area contributed by atoms with Crippen LogP contribution in [0.5, 0.6) is 11.5 Å². The van der Waals surface area contributed by atoms with Crippen LogP contribution in [0.25, 0.3) is 0 Å². The van der Waals surface area contributed by atoms with Crippen LogP contribution in [0.1, 0.15) is 65.7 Å². The van der Waals surface area contributed by atoms with Gasteiger partial charge in [-0.1, -0.05) is 20.8 Å². The molecule has 234 valence electrons. The second-order valence-corrected chi connectivity index (χ2v) is 13.2. The number of aromatic nitrogens is 2. The van der Waals surface area contributed by atoms with E-state index < -0.39 is 11.2 Å². The summed E-state index contributed by atoms with van der Waals surface area (Å²) < 4.78 is 25.1. The van der Waals surface area contributed by atoms with E-state index in [2.05, 4.69) is 30.4 Å². The molecule has 3 aliphatic rings. The van der Waals surface area contributed by atoms with Crippen molar-refractivity contribution in [2.75, 3.05) is 50.1 Å². The number of nitrogens with one attached hydrogen (secondary N) is 2. The quantitative estimate of drug-likeness (QED) is 0.385. The van der Waals surface area contributed by atoms with E-state index in [1.807, 2.05) is 20.8 Å². The Kier molecular flexibility index (Phi) is 9.39. The fourth-order valence-electron chi connectivity index (χ4n) is 6.40. The van der Waals surface area contributed by atoms with Crippen LogP contribution in [0.2, 0.25) is 0 Å². The maximum atomic E-state index is 14.2. The molecule has 3 heterocycles. The topological polar surface area (TPSA) is 109 Å². The molecule has 11 heteroatoms. The first kappa shape index (κ1) is 31.0. The smallest absolute Gasteiger partial charge is 0.407 e. The van der Waals surface area contributed by atoms with Crippen molar-refractivity contribution < 1.29 is 23.5 Å². The number of alkyl carbamates (subject to hydrolysis) is 1. The van der Waals surface area contributed by atoms with E-state index in [4.69, 9.17) is 9.47 Å². The monoisotopic (exact) mass is 596 g/mol. The number of hydrogen-bond acceptors (Lipinski definition) is 8. The number of rotatable bonds is 9. The van der Waals surface area contributed by atoms with E-state index in [0.29, 0.717) is 29.7 Å². The number of methoxy groups -OCH3 is 1. The van der Waals surface area contributed by atoms with Gasteiger partial charge in [-0.3, -0.25) is 4.79 Å². The second kappa shape index (κ2) is 13.0. The highest BCUT2D eigenvalue weighted by Crippen LogP contribution is 2.45.